The van der Waals surface area contributed by atoms with Crippen LogP contribution in [0.1, 0.15) is 26.7 Å². The molecular weight excluding hydrogens is 164 g/mol. The van der Waals surface area contributed by atoms with Gasteiger partial charge in [0.1, 0.15) is 0 Å². The van der Waals surface area contributed by atoms with Crippen LogP contribution in [0.4, 0.5) is 0 Å². The molecule has 0 aliphatic carbocycles. The van der Waals surface area contributed by atoms with Gasteiger partial charge in [-0.3, -0.25) is 0 Å². The lowest BCUT2D eigenvalue weighted by molar-refractivity contribution is 0.157. The Morgan fingerprint density at radius 1 is 1.38 bits per heavy atom. The van der Waals surface area contributed by atoms with Crippen molar-refractivity contribution in [2.24, 2.45) is 0 Å². The molecule has 0 saturated carbocycles. The average Bonchev–Trinajstić information content (AvgIpc) is 2.15. The van der Waals surface area contributed by atoms with Crippen molar-refractivity contribution in [3.63, 3.8) is 0 Å². The number of hydrogen-bond donors (Lipinski definition) is 2. The Morgan fingerprint density at radius 3 is 2.46 bits per heavy atom. The van der Waals surface area contributed by atoms with E-state index in [9.17, 15) is 0 Å². The molecule has 3 heteroatoms. The summed E-state index contributed by atoms with van der Waals surface area (Å²) in [4.78, 5) is 2.51. The van der Waals surface area contributed by atoms with E-state index in [0.29, 0.717) is 12.1 Å². The maximum Gasteiger partial charge on any atom is 0.0556 e. The molecule has 0 spiro atoms. The third-order valence-corrected chi connectivity index (χ3v) is 2.80. The summed E-state index contributed by atoms with van der Waals surface area (Å²) in [6.07, 6.45) is 2.44. The Kier molecular flexibility index (Phi) is 4.70. The molecule has 0 aromatic heterocycles. The van der Waals surface area contributed by atoms with E-state index in [0.717, 1.165) is 6.54 Å². The predicted octanol–water partition coefficient (Wildman–Crippen LogP) is 0.441. The number of aliphatic hydroxyl groups excluding tert-OH is 1. The third-order valence-electron chi connectivity index (χ3n) is 2.80. The zero-order valence-corrected chi connectivity index (χ0v) is 8.79. The molecule has 0 unspecified atom stereocenters. The number of rotatable bonds is 4. The van der Waals surface area contributed by atoms with Gasteiger partial charge < -0.3 is 15.3 Å². The van der Waals surface area contributed by atoms with Crippen LogP contribution in [-0.2, 0) is 0 Å². The molecule has 2 N–H and O–H groups in total. The van der Waals surface area contributed by atoms with Gasteiger partial charge in [-0.1, -0.05) is 0 Å². The monoisotopic (exact) mass is 186 g/mol. The fourth-order valence-corrected chi connectivity index (χ4v) is 1.89. The lowest BCUT2D eigenvalue weighted by Gasteiger charge is -2.34. The summed E-state index contributed by atoms with van der Waals surface area (Å²) in [6.45, 7) is 7.89. The first kappa shape index (κ1) is 11.0. The molecule has 0 aromatic rings. The first-order chi connectivity index (χ1) is 6.24. The van der Waals surface area contributed by atoms with Gasteiger partial charge >= 0.3 is 0 Å². The predicted molar refractivity (Wildman–Crippen MR) is 54.8 cm³/mol. The first-order valence-electron chi connectivity index (χ1n) is 5.32. The second kappa shape index (κ2) is 5.58. The topological polar surface area (TPSA) is 35.5 Å². The van der Waals surface area contributed by atoms with E-state index in [4.69, 9.17) is 5.11 Å². The Bertz CT molecular complexity index is 131. The van der Waals surface area contributed by atoms with Crippen LogP contribution in [-0.4, -0.2) is 48.3 Å². The SMILES string of the molecule is CC(C)N1CCC(NCCO)CC1. The molecule has 0 amide bonds. The minimum Gasteiger partial charge on any atom is -0.395 e. The minimum absolute atomic E-state index is 0.254. The van der Waals surface area contributed by atoms with Gasteiger partial charge in [0.15, 0.2) is 0 Å². The normalized spacial score (nSPS) is 21.2. The molecule has 1 rings (SSSR count). The van der Waals surface area contributed by atoms with Crippen molar-refractivity contribution < 1.29 is 5.11 Å². The fraction of sp³-hybridized carbons (Fsp3) is 1.00. The Labute approximate surface area is 81.1 Å². The number of hydrogen-bond acceptors (Lipinski definition) is 3. The molecule has 0 radical (unpaired) electrons. The van der Waals surface area contributed by atoms with Crippen LogP contribution in [0.15, 0.2) is 0 Å². The van der Waals surface area contributed by atoms with Crippen LogP contribution in [0, 0.1) is 0 Å². The lowest BCUT2D eigenvalue weighted by atomic mass is 10.0. The highest BCUT2D eigenvalue weighted by molar-refractivity contribution is 4.78. The van der Waals surface area contributed by atoms with Crippen molar-refractivity contribution in [1.29, 1.82) is 0 Å². The van der Waals surface area contributed by atoms with Gasteiger partial charge in [0.25, 0.3) is 0 Å². The fourth-order valence-electron chi connectivity index (χ4n) is 1.89. The molecule has 13 heavy (non-hydrogen) atoms. The van der Waals surface area contributed by atoms with Gasteiger partial charge in [-0.2, -0.15) is 0 Å². The molecule has 0 aromatic carbocycles. The average molecular weight is 186 g/mol. The second-order valence-electron chi connectivity index (χ2n) is 4.08. The van der Waals surface area contributed by atoms with Crippen LogP contribution in [0.2, 0.25) is 0 Å². The maximum absolute atomic E-state index is 8.66. The summed E-state index contributed by atoms with van der Waals surface area (Å²) >= 11 is 0. The first-order valence-corrected chi connectivity index (χ1v) is 5.32. The van der Waals surface area contributed by atoms with Gasteiger partial charge in [0, 0.05) is 18.6 Å². The molecule has 1 heterocycles. The van der Waals surface area contributed by atoms with Gasteiger partial charge in [0.2, 0.25) is 0 Å². The van der Waals surface area contributed by atoms with Crippen LogP contribution in [0.25, 0.3) is 0 Å². The lowest BCUT2D eigenvalue weighted by Crippen LogP contribution is -2.45. The van der Waals surface area contributed by atoms with Crippen molar-refractivity contribution in [3.05, 3.63) is 0 Å². The summed E-state index contributed by atoms with van der Waals surface area (Å²) in [6, 6.07) is 1.31. The molecule has 0 atom stereocenters. The van der Waals surface area contributed by atoms with Crippen molar-refractivity contribution in [2.45, 2.75) is 38.8 Å². The quantitative estimate of drug-likeness (QED) is 0.669. The minimum atomic E-state index is 0.254. The van der Waals surface area contributed by atoms with Crippen LogP contribution in [0.5, 0.6) is 0 Å². The smallest absolute Gasteiger partial charge is 0.0556 e. The van der Waals surface area contributed by atoms with Gasteiger partial charge in [-0.25, -0.2) is 0 Å². The van der Waals surface area contributed by atoms with Crippen molar-refractivity contribution in [2.75, 3.05) is 26.2 Å². The largest absolute Gasteiger partial charge is 0.395 e. The summed E-state index contributed by atoms with van der Waals surface area (Å²) < 4.78 is 0. The van der Waals surface area contributed by atoms with Gasteiger partial charge in [-0.15, -0.1) is 0 Å². The highest BCUT2D eigenvalue weighted by Crippen LogP contribution is 2.12. The van der Waals surface area contributed by atoms with E-state index in [-0.39, 0.29) is 6.61 Å². The van der Waals surface area contributed by atoms with Gasteiger partial charge in [-0.05, 0) is 39.8 Å². The standard InChI is InChI=1S/C10H22N2O/c1-9(2)12-6-3-10(4-7-12)11-5-8-13/h9-11,13H,3-8H2,1-2H3. The van der Waals surface area contributed by atoms with Crippen molar-refractivity contribution in [3.8, 4) is 0 Å². The number of piperidine rings is 1. The molecule has 1 aliphatic rings. The number of aliphatic hydroxyl groups is 1. The highest BCUT2D eigenvalue weighted by atomic mass is 16.3. The summed E-state index contributed by atoms with van der Waals surface area (Å²) in [7, 11) is 0. The zero-order chi connectivity index (χ0) is 9.68. The number of nitrogens with zero attached hydrogens (tertiary/aromatic N) is 1. The van der Waals surface area contributed by atoms with E-state index in [2.05, 4.69) is 24.1 Å². The summed E-state index contributed by atoms with van der Waals surface area (Å²) in [5.74, 6) is 0. The second-order valence-corrected chi connectivity index (χ2v) is 4.08. The molecule has 0 bridgehead atoms. The Hall–Kier alpha value is -0.120. The zero-order valence-electron chi connectivity index (χ0n) is 8.79. The Morgan fingerprint density at radius 2 is 2.00 bits per heavy atom. The van der Waals surface area contributed by atoms with E-state index in [1.165, 1.54) is 25.9 Å². The molecular formula is C10H22N2O. The van der Waals surface area contributed by atoms with Crippen molar-refractivity contribution >= 4 is 0 Å². The molecule has 1 fully saturated rings. The highest BCUT2D eigenvalue weighted by Gasteiger charge is 2.19. The van der Waals surface area contributed by atoms with Crippen LogP contribution in [0.3, 0.4) is 0 Å². The molecule has 1 saturated heterocycles. The van der Waals surface area contributed by atoms with E-state index in [1.807, 2.05) is 0 Å². The third kappa shape index (κ3) is 3.63. The van der Waals surface area contributed by atoms with Crippen molar-refractivity contribution in [1.82, 2.24) is 10.2 Å². The number of likely N-dealkylation sites (tertiary alicyclic amines) is 1. The Balaban J connectivity index is 2.15. The van der Waals surface area contributed by atoms with Gasteiger partial charge in [0.05, 0.1) is 6.61 Å². The molecule has 1 aliphatic heterocycles. The molecule has 78 valence electrons. The van der Waals surface area contributed by atoms with E-state index >= 15 is 0 Å². The van der Waals surface area contributed by atoms with Crippen LogP contribution < -0.4 is 5.32 Å². The molecule has 3 nitrogen and oxygen atoms in total. The van der Waals surface area contributed by atoms with E-state index in [1.54, 1.807) is 0 Å². The van der Waals surface area contributed by atoms with E-state index < -0.39 is 0 Å². The summed E-state index contributed by atoms with van der Waals surface area (Å²) in [5, 5.41) is 12.0. The maximum atomic E-state index is 8.66. The number of nitrogens with one attached hydrogen (secondary N) is 1. The van der Waals surface area contributed by atoms with Crippen LogP contribution >= 0.6 is 0 Å². The summed E-state index contributed by atoms with van der Waals surface area (Å²) in [5.41, 5.74) is 0.